The van der Waals surface area contributed by atoms with Crippen molar-refractivity contribution >= 4 is 11.0 Å². The van der Waals surface area contributed by atoms with Gasteiger partial charge in [0.25, 0.3) is 5.89 Å². The highest BCUT2D eigenvalue weighted by atomic mass is 16.5. The molecule has 0 saturated heterocycles. The standard InChI is InChI=1S/C19H14N2O4/c1-11-3-5-12(6-4-11)17-20-18(25-21-17)15-9-13-7-8-14(23-2)10-16(13)24-19(15)22/h3-10H,1-2H3. The van der Waals surface area contributed by atoms with Crippen molar-refractivity contribution < 1.29 is 13.7 Å². The van der Waals surface area contributed by atoms with Crippen molar-refractivity contribution in [3.05, 3.63) is 64.5 Å². The van der Waals surface area contributed by atoms with Crippen LogP contribution in [0.2, 0.25) is 0 Å². The van der Waals surface area contributed by atoms with Crippen LogP contribution in [0.4, 0.5) is 0 Å². The average Bonchev–Trinajstić information content (AvgIpc) is 3.11. The van der Waals surface area contributed by atoms with E-state index in [1.165, 1.54) is 0 Å². The van der Waals surface area contributed by atoms with Gasteiger partial charge in [-0.25, -0.2) is 4.79 Å². The Hall–Kier alpha value is -3.41. The lowest BCUT2D eigenvalue weighted by Gasteiger charge is -2.02. The van der Waals surface area contributed by atoms with Crippen molar-refractivity contribution in [2.24, 2.45) is 0 Å². The van der Waals surface area contributed by atoms with Crippen molar-refractivity contribution in [1.82, 2.24) is 10.1 Å². The zero-order valence-electron chi connectivity index (χ0n) is 13.6. The molecule has 0 unspecified atom stereocenters. The fraction of sp³-hybridized carbons (Fsp3) is 0.105. The lowest BCUT2D eigenvalue weighted by atomic mass is 10.1. The number of hydrogen-bond acceptors (Lipinski definition) is 6. The predicted molar refractivity (Wildman–Crippen MR) is 92.5 cm³/mol. The Morgan fingerprint density at radius 3 is 2.60 bits per heavy atom. The molecule has 2 aromatic heterocycles. The molecular formula is C19H14N2O4. The number of fused-ring (bicyclic) bond motifs is 1. The van der Waals surface area contributed by atoms with E-state index in [1.807, 2.05) is 31.2 Å². The molecule has 0 radical (unpaired) electrons. The van der Waals surface area contributed by atoms with E-state index >= 15 is 0 Å². The highest BCUT2D eigenvalue weighted by Crippen LogP contribution is 2.25. The minimum atomic E-state index is -0.542. The second kappa shape index (κ2) is 5.90. The van der Waals surface area contributed by atoms with Gasteiger partial charge >= 0.3 is 5.63 Å². The Labute approximate surface area is 142 Å². The van der Waals surface area contributed by atoms with Gasteiger partial charge in [-0.3, -0.25) is 0 Å². The zero-order chi connectivity index (χ0) is 17.4. The predicted octanol–water partition coefficient (Wildman–Crippen LogP) is 3.83. The third kappa shape index (κ3) is 2.78. The van der Waals surface area contributed by atoms with Gasteiger partial charge in [0.1, 0.15) is 16.9 Å². The fourth-order valence-electron chi connectivity index (χ4n) is 2.52. The number of benzene rings is 2. The Morgan fingerprint density at radius 2 is 1.84 bits per heavy atom. The first-order chi connectivity index (χ1) is 12.1. The van der Waals surface area contributed by atoms with E-state index in [1.54, 1.807) is 31.4 Å². The largest absolute Gasteiger partial charge is 0.497 e. The van der Waals surface area contributed by atoms with Gasteiger partial charge in [-0.15, -0.1) is 0 Å². The number of aryl methyl sites for hydroxylation is 1. The third-order valence-electron chi connectivity index (χ3n) is 3.91. The molecule has 6 heteroatoms. The molecule has 0 atom stereocenters. The Bertz CT molecular complexity index is 1110. The molecule has 4 aromatic rings. The van der Waals surface area contributed by atoms with E-state index in [4.69, 9.17) is 13.7 Å². The minimum absolute atomic E-state index is 0.127. The van der Waals surface area contributed by atoms with Gasteiger partial charge in [0.2, 0.25) is 5.82 Å². The van der Waals surface area contributed by atoms with Gasteiger partial charge in [-0.05, 0) is 25.1 Å². The molecule has 0 fully saturated rings. The average molecular weight is 334 g/mol. The van der Waals surface area contributed by atoms with Gasteiger partial charge in [0.15, 0.2) is 0 Å². The summed E-state index contributed by atoms with van der Waals surface area (Å²) in [6, 6.07) is 14.7. The normalized spacial score (nSPS) is 11.0. The smallest absolute Gasteiger partial charge is 0.349 e. The first-order valence-electron chi connectivity index (χ1n) is 7.67. The van der Waals surface area contributed by atoms with E-state index in [2.05, 4.69) is 10.1 Å². The molecule has 0 aliphatic rings. The molecule has 0 aliphatic heterocycles. The summed E-state index contributed by atoms with van der Waals surface area (Å²) in [5.41, 5.74) is 2.07. The Kier molecular flexibility index (Phi) is 3.57. The summed E-state index contributed by atoms with van der Waals surface area (Å²) >= 11 is 0. The van der Waals surface area contributed by atoms with Crippen LogP contribution in [0.25, 0.3) is 33.8 Å². The molecule has 0 aliphatic carbocycles. The van der Waals surface area contributed by atoms with Crippen LogP contribution in [-0.4, -0.2) is 17.3 Å². The zero-order valence-corrected chi connectivity index (χ0v) is 13.6. The minimum Gasteiger partial charge on any atom is -0.497 e. The van der Waals surface area contributed by atoms with Crippen LogP contribution >= 0.6 is 0 Å². The Balaban J connectivity index is 1.78. The van der Waals surface area contributed by atoms with Crippen LogP contribution < -0.4 is 10.4 Å². The summed E-state index contributed by atoms with van der Waals surface area (Å²) in [4.78, 5) is 16.6. The van der Waals surface area contributed by atoms with E-state index in [0.717, 1.165) is 16.5 Å². The number of aromatic nitrogens is 2. The van der Waals surface area contributed by atoms with Crippen molar-refractivity contribution in [2.75, 3.05) is 7.11 Å². The quantitative estimate of drug-likeness (QED) is 0.530. The van der Waals surface area contributed by atoms with Crippen LogP contribution in [0.3, 0.4) is 0 Å². The van der Waals surface area contributed by atoms with E-state index in [-0.39, 0.29) is 11.5 Å². The highest BCUT2D eigenvalue weighted by molar-refractivity contribution is 5.81. The number of nitrogens with zero attached hydrogens (tertiary/aromatic N) is 2. The molecule has 2 heterocycles. The molecule has 0 N–H and O–H groups in total. The van der Waals surface area contributed by atoms with Gasteiger partial charge in [0, 0.05) is 17.0 Å². The highest BCUT2D eigenvalue weighted by Gasteiger charge is 2.16. The van der Waals surface area contributed by atoms with E-state index in [0.29, 0.717) is 17.2 Å². The number of ether oxygens (including phenoxy) is 1. The Morgan fingerprint density at radius 1 is 1.04 bits per heavy atom. The lowest BCUT2D eigenvalue weighted by molar-refractivity contribution is 0.414. The van der Waals surface area contributed by atoms with Crippen molar-refractivity contribution in [1.29, 1.82) is 0 Å². The van der Waals surface area contributed by atoms with Crippen molar-refractivity contribution in [2.45, 2.75) is 6.92 Å². The molecule has 2 aromatic carbocycles. The summed E-state index contributed by atoms with van der Waals surface area (Å²) in [5, 5.41) is 4.70. The van der Waals surface area contributed by atoms with Crippen LogP contribution in [0.5, 0.6) is 5.75 Å². The van der Waals surface area contributed by atoms with Gasteiger partial charge in [-0.2, -0.15) is 4.98 Å². The van der Waals surface area contributed by atoms with Gasteiger partial charge in [0.05, 0.1) is 7.11 Å². The molecule has 4 rings (SSSR count). The first kappa shape index (κ1) is 15.1. The molecule has 0 spiro atoms. The molecule has 0 saturated carbocycles. The summed E-state index contributed by atoms with van der Waals surface area (Å²) < 4.78 is 15.8. The number of rotatable bonds is 3. The first-order valence-corrected chi connectivity index (χ1v) is 7.67. The lowest BCUT2D eigenvalue weighted by Crippen LogP contribution is -2.03. The SMILES string of the molecule is COc1ccc2cc(-c3nc(-c4ccc(C)cc4)no3)c(=O)oc2c1. The number of methoxy groups -OCH3 is 1. The monoisotopic (exact) mass is 334 g/mol. The van der Waals surface area contributed by atoms with Crippen molar-refractivity contribution in [3.8, 4) is 28.6 Å². The van der Waals surface area contributed by atoms with Crippen LogP contribution in [0.1, 0.15) is 5.56 Å². The summed E-state index contributed by atoms with van der Waals surface area (Å²) in [5.74, 6) is 1.16. The molecular weight excluding hydrogens is 320 g/mol. The maximum atomic E-state index is 12.3. The summed E-state index contributed by atoms with van der Waals surface area (Å²) in [6.07, 6.45) is 0. The molecule has 124 valence electrons. The van der Waals surface area contributed by atoms with Crippen molar-refractivity contribution in [3.63, 3.8) is 0 Å². The summed E-state index contributed by atoms with van der Waals surface area (Å²) in [6.45, 7) is 2.00. The fourth-order valence-corrected chi connectivity index (χ4v) is 2.52. The maximum absolute atomic E-state index is 12.3. The molecule has 6 nitrogen and oxygen atoms in total. The van der Waals surface area contributed by atoms with E-state index < -0.39 is 5.63 Å². The number of hydrogen-bond donors (Lipinski definition) is 0. The molecule has 25 heavy (non-hydrogen) atoms. The summed E-state index contributed by atoms with van der Waals surface area (Å²) in [7, 11) is 1.55. The second-order valence-corrected chi connectivity index (χ2v) is 5.64. The van der Waals surface area contributed by atoms with Gasteiger partial charge in [-0.1, -0.05) is 35.0 Å². The third-order valence-corrected chi connectivity index (χ3v) is 3.91. The molecule has 0 bridgehead atoms. The van der Waals surface area contributed by atoms with Crippen LogP contribution in [0.15, 0.2) is 62.3 Å². The van der Waals surface area contributed by atoms with Crippen LogP contribution in [0, 0.1) is 6.92 Å². The topological polar surface area (TPSA) is 78.4 Å². The molecule has 0 amide bonds. The van der Waals surface area contributed by atoms with Crippen LogP contribution in [-0.2, 0) is 0 Å². The van der Waals surface area contributed by atoms with E-state index in [9.17, 15) is 4.79 Å². The maximum Gasteiger partial charge on any atom is 0.349 e. The second-order valence-electron chi connectivity index (χ2n) is 5.64. The van der Waals surface area contributed by atoms with Gasteiger partial charge < -0.3 is 13.7 Å².